The molecule has 4 rings (SSSR count). The maximum Gasteiger partial charge on any atom is 0.230 e. The van der Waals surface area contributed by atoms with Crippen molar-refractivity contribution in [3.8, 4) is 0 Å². The molecule has 0 aliphatic rings. The van der Waals surface area contributed by atoms with Crippen LogP contribution in [0.1, 0.15) is 26.2 Å². The minimum atomic E-state index is 0.482. The molecule has 0 aliphatic carbocycles. The van der Waals surface area contributed by atoms with Crippen LogP contribution >= 0.6 is 0 Å². The number of azo groups is 2. The van der Waals surface area contributed by atoms with E-state index in [0.717, 1.165) is 53.5 Å². The second-order valence-electron chi connectivity index (χ2n) is 7.70. The van der Waals surface area contributed by atoms with Crippen molar-refractivity contribution in [2.24, 2.45) is 20.5 Å². The quantitative estimate of drug-likeness (QED) is 0.172. The van der Waals surface area contributed by atoms with Gasteiger partial charge in [0.25, 0.3) is 0 Å². The van der Waals surface area contributed by atoms with E-state index in [0.29, 0.717) is 5.95 Å². The number of aromatic nitrogens is 3. The van der Waals surface area contributed by atoms with Gasteiger partial charge in [-0.05, 0) is 61.0 Å². The fourth-order valence-corrected chi connectivity index (χ4v) is 3.18. The van der Waals surface area contributed by atoms with Gasteiger partial charge in [-0.15, -0.1) is 5.11 Å². The predicted octanol–water partition coefficient (Wildman–Crippen LogP) is 8.05. The first-order valence-corrected chi connectivity index (χ1v) is 11.6. The van der Waals surface area contributed by atoms with Gasteiger partial charge in [0.2, 0.25) is 5.95 Å². The molecule has 0 saturated carbocycles. The Labute approximate surface area is 204 Å². The molecule has 0 unspecified atom stereocenters. The van der Waals surface area contributed by atoms with Gasteiger partial charge in [-0.2, -0.15) is 15.3 Å². The molecule has 0 radical (unpaired) electrons. The molecule has 0 aliphatic heterocycles. The van der Waals surface area contributed by atoms with Crippen LogP contribution in [-0.2, 0) is 0 Å². The van der Waals surface area contributed by atoms with Gasteiger partial charge in [-0.1, -0.05) is 38.0 Å². The van der Waals surface area contributed by atoms with Gasteiger partial charge < -0.3 is 10.6 Å². The summed E-state index contributed by atoms with van der Waals surface area (Å²) >= 11 is 0. The molecule has 0 spiro atoms. The van der Waals surface area contributed by atoms with Crippen molar-refractivity contribution in [2.75, 3.05) is 17.2 Å². The number of anilines is 3. The highest BCUT2D eigenvalue weighted by Crippen LogP contribution is 2.31. The summed E-state index contributed by atoms with van der Waals surface area (Å²) < 4.78 is 0. The molecule has 9 nitrogen and oxygen atoms in total. The highest BCUT2D eigenvalue weighted by Gasteiger charge is 2.05. The summed E-state index contributed by atoms with van der Waals surface area (Å²) in [6.45, 7) is 3.04. The third-order valence-corrected chi connectivity index (χ3v) is 5.00. The van der Waals surface area contributed by atoms with Gasteiger partial charge in [-0.3, -0.25) is 0 Å². The monoisotopic (exact) mass is 465 g/mol. The minimum Gasteiger partial charge on any atom is -0.383 e. The molecule has 1 aromatic heterocycles. The van der Waals surface area contributed by atoms with E-state index in [1.165, 1.54) is 19.1 Å². The van der Waals surface area contributed by atoms with Crippen LogP contribution in [0.5, 0.6) is 0 Å². The van der Waals surface area contributed by atoms with Gasteiger partial charge in [0.1, 0.15) is 18.3 Å². The molecule has 4 aromatic rings. The summed E-state index contributed by atoms with van der Waals surface area (Å²) in [5.41, 5.74) is 4.77. The van der Waals surface area contributed by atoms with E-state index in [-0.39, 0.29) is 0 Å². The van der Waals surface area contributed by atoms with E-state index in [2.05, 4.69) is 53.0 Å². The Kier molecular flexibility index (Phi) is 8.53. The number of benzene rings is 3. The summed E-state index contributed by atoms with van der Waals surface area (Å²) in [4.78, 5) is 12.1. The fraction of sp³-hybridized carbons (Fsp3) is 0.192. The van der Waals surface area contributed by atoms with Crippen molar-refractivity contribution >= 4 is 40.1 Å². The van der Waals surface area contributed by atoms with Crippen LogP contribution in [-0.4, -0.2) is 21.5 Å². The normalized spacial score (nSPS) is 11.2. The number of nitrogens with one attached hydrogen (secondary N) is 2. The van der Waals surface area contributed by atoms with E-state index in [9.17, 15) is 0 Å². The standard InChI is InChI=1S/C26H27N9/c1-2-3-7-16-28-25-17-23(31-26-29-18-27-19-30-26)14-15-24(25)35-34-22-12-10-21(11-13-22)33-32-20-8-5-4-6-9-20/h4-6,8-15,17-19,28H,2-3,7,16H2,1H3,(H,27,29,30,31)/b33-32+,35-34+. The van der Waals surface area contributed by atoms with Crippen LogP contribution in [0.4, 0.5) is 40.1 Å². The Bertz CT molecular complexity index is 1240. The second-order valence-corrected chi connectivity index (χ2v) is 7.70. The third-order valence-electron chi connectivity index (χ3n) is 5.00. The van der Waals surface area contributed by atoms with Crippen molar-refractivity contribution < 1.29 is 0 Å². The van der Waals surface area contributed by atoms with Crippen LogP contribution in [0.25, 0.3) is 0 Å². The van der Waals surface area contributed by atoms with Crippen molar-refractivity contribution in [3.05, 3.63) is 85.5 Å². The Morgan fingerprint density at radius 2 is 1.37 bits per heavy atom. The molecular weight excluding hydrogens is 438 g/mol. The highest BCUT2D eigenvalue weighted by atomic mass is 15.1. The predicted molar refractivity (Wildman–Crippen MR) is 139 cm³/mol. The van der Waals surface area contributed by atoms with E-state index in [1.54, 1.807) is 0 Å². The first-order chi connectivity index (χ1) is 17.3. The molecule has 3 aromatic carbocycles. The fourth-order valence-electron chi connectivity index (χ4n) is 3.18. The van der Waals surface area contributed by atoms with Gasteiger partial charge in [-0.25, -0.2) is 15.0 Å². The number of rotatable bonds is 11. The lowest BCUT2D eigenvalue weighted by Crippen LogP contribution is -2.03. The third kappa shape index (κ3) is 7.50. The zero-order chi connectivity index (χ0) is 24.1. The molecule has 0 amide bonds. The maximum atomic E-state index is 4.49. The van der Waals surface area contributed by atoms with Crippen LogP contribution in [0.2, 0.25) is 0 Å². The minimum absolute atomic E-state index is 0.482. The molecule has 9 heteroatoms. The van der Waals surface area contributed by atoms with Gasteiger partial charge >= 0.3 is 0 Å². The lowest BCUT2D eigenvalue weighted by Gasteiger charge is -2.11. The van der Waals surface area contributed by atoms with Crippen molar-refractivity contribution in [3.63, 3.8) is 0 Å². The van der Waals surface area contributed by atoms with Crippen molar-refractivity contribution in [2.45, 2.75) is 26.2 Å². The zero-order valence-electron chi connectivity index (χ0n) is 19.5. The summed E-state index contributed by atoms with van der Waals surface area (Å²) in [7, 11) is 0. The average Bonchev–Trinajstić information content (AvgIpc) is 2.91. The van der Waals surface area contributed by atoms with Gasteiger partial charge in [0.15, 0.2) is 0 Å². The number of unbranched alkanes of at least 4 members (excludes halogenated alkanes) is 2. The zero-order valence-corrected chi connectivity index (χ0v) is 19.5. The lowest BCUT2D eigenvalue weighted by atomic mass is 10.2. The number of nitrogens with zero attached hydrogens (tertiary/aromatic N) is 7. The average molecular weight is 466 g/mol. The van der Waals surface area contributed by atoms with Gasteiger partial charge in [0, 0.05) is 12.2 Å². The van der Waals surface area contributed by atoms with Crippen LogP contribution in [0, 0.1) is 0 Å². The number of hydrogen-bond donors (Lipinski definition) is 2. The van der Waals surface area contributed by atoms with Crippen molar-refractivity contribution in [1.29, 1.82) is 0 Å². The largest absolute Gasteiger partial charge is 0.383 e. The molecule has 0 fully saturated rings. The van der Waals surface area contributed by atoms with E-state index in [1.807, 2.05) is 72.8 Å². The van der Waals surface area contributed by atoms with Crippen LogP contribution in [0.3, 0.4) is 0 Å². The molecular formula is C26H27N9. The summed E-state index contributed by atoms with van der Waals surface area (Å²) in [5.74, 6) is 0.482. The van der Waals surface area contributed by atoms with E-state index in [4.69, 9.17) is 0 Å². The molecule has 0 bridgehead atoms. The first-order valence-electron chi connectivity index (χ1n) is 11.6. The molecule has 1 heterocycles. The topological polar surface area (TPSA) is 112 Å². The van der Waals surface area contributed by atoms with Crippen LogP contribution < -0.4 is 10.6 Å². The lowest BCUT2D eigenvalue weighted by molar-refractivity contribution is 0.744. The summed E-state index contributed by atoms with van der Waals surface area (Å²) in [6, 6.07) is 22.9. The summed E-state index contributed by atoms with van der Waals surface area (Å²) in [6.07, 6.45) is 6.32. The summed E-state index contributed by atoms with van der Waals surface area (Å²) in [5, 5.41) is 24.1. The van der Waals surface area contributed by atoms with E-state index < -0.39 is 0 Å². The molecule has 35 heavy (non-hydrogen) atoms. The first kappa shape index (κ1) is 23.6. The van der Waals surface area contributed by atoms with Gasteiger partial charge in [0.05, 0.1) is 22.7 Å². The number of hydrogen-bond acceptors (Lipinski definition) is 9. The van der Waals surface area contributed by atoms with Crippen molar-refractivity contribution in [1.82, 2.24) is 15.0 Å². The van der Waals surface area contributed by atoms with E-state index >= 15 is 0 Å². The SMILES string of the molecule is CCCCCNc1cc(Nc2ncncn2)ccc1/N=N/c1ccc(/N=N/c2ccccc2)cc1. The smallest absolute Gasteiger partial charge is 0.230 e. The second kappa shape index (κ2) is 12.6. The molecule has 176 valence electrons. The Hall–Kier alpha value is -4.53. The Morgan fingerprint density at radius 1 is 0.714 bits per heavy atom. The molecule has 2 N–H and O–H groups in total. The molecule has 0 saturated heterocycles. The Balaban J connectivity index is 1.46. The maximum absolute atomic E-state index is 4.49. The Morgan fingerprint density at radius 3 is 2.06 bits per heavy atom. The highest BCUT2D eigenvalue weighted by molar-refractivity contribution is 5.72. The molecule has 0 atom stereocenters. The van der Waals surface area contributed by atoms with Crippen LogP contribution in [0.15, 0.2) is 106 Å².